The first-order valence-electron chi connectivity index (χ1n) is 5.63. The van der Waals surface area contributed by atoms with E-state index in [1.54, 1.807) is 6.92 Å². The largest absolute Gasteiger partial charge is 0.379 e. The second kappa shape index (κ2) is 4.80. The third-order valence-corrected chi connectivity index (χ3v) is 3.00. The minimum Gasteiger partial charge on any atom is -0.379 e. The molecule has 88 valence electrons. The van der Waals surface area contributed by atoms with Crippen LogP contribution >= 0.6 is 0 Å². The summed E-state index contributed by atoms with van der Waals surface area (Å²) in [5, 5.41) is 0. The van der Waals surface area contributed by atoms with Gasteiger partial charge >= 0.3 is 0 Å². The molecule has 1 fully saturated rings. The maximum absolute atomic E-state index is 11.3. The molecule has 0 bridgehead atoms. The Hall–Kier alpha value is -1.13. The summed E-state index contributed by atoms with van der Waals surface area (Å²) in [6, 6.07) is 1.98. The standard InChI is InChI=1S/C12H18N2O2/c1-10(15)11-7-12(13(2)8-11)9-14-3-5-16-6-4-14/h7-8H,3-6,9H2,1-2H3. The first-order valence-corrected chi connectivity index (χ1v) is 5.63. The highest BCUT2D eigenvalue weighted by Gasteiger charge is 2.13. The molecule has 0 radical (unpaired) electrons. The topological polar surface area (TPSA) is 34.5 Å². The molecular formula is C12H18N2O2. The number of aryl methyl sites for hydroxylation is 1. The van der Waals surface area contributed by atoms with E-state index >= 15 is 0 Å². The summed E-state index contributed by atoms with van der Waals surface area (Å²) < 4.78 is 7.34. The van der Waals surface area contributed by atoms with Gasteiger partial charge in [0.2, 0.25) is 0 Å². The van der Waals surface area contributed by atoms with Crippen LogP contribution < -0.4 is 0 Å². The molecule has 0 aliphatic carbocycles. The van der Waals surface area contributed by atoms with Crippen LogP contribution in [0.4, 0.5) is 0 Å². The molecule has 0 atom stereocenters. The molecule has 2 heterocycles. The predicted octanol–water partition coefficient (Wildman–Crippen LogP) is 1.06. The van der Waals surface area contributed by atoms with Gasteiger partial charge in [-0.05, 0) is 13.0 Å². The Morgan fingerprint density at radius 2 is 2.12 bits per heavy atom. The molecule has 1 aromatic heterocycles. The van der Waals surface area contributed by atoms with Gasteiger partial charge in [-0.3, -0.25) is 9.69 Å². The van der Waals surface area contributed by atoms with E-state index in [1.807, 2.05) is 23.9 Å². The zero-order chi connectivity index (χ0) is 11.5. The number of aromatic nitrogens is 1. The van der Waals surface area contributed by atoms with Crippen molar-refractivity contribution in [3.8, 4) is 0 Å². The lowest BCUT2D eigenvalue weighted by Crippen LogP contribution is -2.36. The second-order valence-corrected chi connectivity index (χ2v) is 4.28. The van der Waals surface area contributed by atoms with Crippen LogP contribution in [0.3, 0.4) is 0 Å². The average molecular weight is 222 g/mol. The van der Waals surface area contributed by atoms with E-state index in [-0.39, 0.29) is 5.78 Å². The van der Waals surface area contributed by atoms with Gasteiger partial charge in [-0.2, -0.15) is 0 Å². The molecule has 16 heavy (non-hydrogen) atoms. The zero-order valence-electron chi connectivity index (χ0n) is 9.90. The number of ether oxygens (including phenoxy) is 1. The van der Waals surface area contributed by atoms with Gasteiger partial charge in [-0.15, -0.1) is 0 Å². The van der Waals surface area contributed by atoms with E-state index in [4.69, 9.17) is 4.74 Å². The van der Waals surface area contributed by atoms with Crippen LogP contribution in [0.5, 0.6) is 0 Å². The number of carbonyl (C=O) groups excluding carboxylic acids is 1. The maximum atomic E-state index is 11.3. The van der Waals surface area contributed by atoms with Crippen LogP contribution in [-0.4, -0.2) is 41.6 Å². The van der Waals surface area contributed by atoms with E-state index in [0.29, 0.717) is 0 Å². The Morgan fingerprint density at radius 3 is 2.69 bits per heavy atom. The summed E-state index contributed by atoms with van der Waals surface area (Å²) in [7, 11) is 1.99. The molecule has 1 saturated heterocycles. The molecule has 0 unspecified atom stereocenters. The van der Waals surface area contributed by atoms with Gasteiger partial charge in [0.25, 0.3) is 0 Å². The summed E-state index contributed by atoms with van der Waals surface area (Å²) >= 11 is 0. The Morgan fingerprint density at radius 1 is 1.44 bits per heavy atom. The maximum Gasteiger partial charge on any atom is 0.161 e. The summed E-state index contributed by atoms with van der Waals surface area (Å²) in [6.07, 6.45) is 1.90. The highest BCUT2D eigenvalue weighted by Crippen LogP contribution is 2.11. The van der Waals surface area contributed by atoms with Crippen molar-refractivity contribution < 1.29 is 9.53 Å². The SMILES string of the molecule is CC(=O)c1cc(CN2CCOCC2)n(C)c1. The quantitative estimate of drug-likeness (QED) is 0.717. The molecular weight excluding hydrogens is 204 g/mol. The minimum absolute atomic E-state index is 0.129. The van der Waals surface area contributed by atoms with Crippen molar-refractivity contribution in [3.63, 3.8) is 0 Å². The minimum atomic E-state index is 0.129. The van der Waals surface area contributed by atoms with Crippen molar-refractivity contribution in [2.45, 2.75) is 13.5 Å². The van der Waals surface area contributed by atoms with Crippen molar-refractivity contribution in [3.05, 3.63) is 23.5 Å². The van der Waals surface area contributed by atoms with Crippen molar-refractivity contribution in [1.82, 2.24) is 9.47 Å². The highest BCUT2D eigenvalue weighted by atomic mass is 16.5. The number of Topliss-reactive ketones (excluding diaryl/α,β-unsaturated/α-hetero) is 1. The van der Waals surface area contributed by atoms with Crippen molar-refractivity contribution in [2.24, 2.45) is 7.05 Å². The first-order chi connectivity index (χ1) is 7.66. The summed E-state index contributed by atoms with van der Waals surface area (Å²) in [4.78, 5) is 13.6. The fourth-order valence-electron chi connectivity index (χ4n) is 1.95. The van der Waals surface area contributed by atoms with E-state index < -0.39 is 0 Å². The van der Waals surface area contributed by atoms with Crippen LogP contribution in [0.1, 0.15) is 23.0 Å². The van der Waals surface area contributed by atoms with Crippen molar-refractivity contribution in [1.29, 1.82) is 0 Å². The molecule has 0 aromatic carbocycles. The zero-order valence-corrected chi connectivity index (χ0v) is 9.90. The lowest BCUT2D eigenvalue weighted by atomic mass is 10.2. The summed E-state index contributed by atoms with van der Waals surface area (Å²) in [5.74, 6) is 0.129. The normalized spacial score (nSPS) is 17.6. The van der Waals surface area contributed by atoms with E-state index in [9.17, 15) is 4.79 Å². The Balaban J connectivity index is 2.05. The third kappa shape index (κ3) is 2.51. The lowest BCUT2D eigenvalue weighted by molar-refractivity contribution is 0.0333. The number of ketones is 1. The molecule has 1 aliphatic rings. The van der Waals surface area contributed by atoms with Gasteiger partial charge in [-0.1, -0.05) is 0 Å². The number of hydrogen-bond acceptors (Lipinski definition) is 3. The monoisotopic (exact) mass is 222 g/mol. The summed E-state index contributed by atoms with van der Waals surface area (Å²) in [5.41, 5.74) is 1.98. The molecule has 4 heteroatoms. The predicted molar refractivity (Wildman–Crippen MR) is 61.5 cm³/mol. The van der Waals surface area contributed by atoms with Crippen LogP contribution in [0.2, 0.25) is 0 Å². The number of carbonyl (C=O) groups is 1. The number of nitrogens with zero attached hydrogens (tertiary/aromatic N) is 2. The van der Waals surface area contributed by atoms with Crippen molar-refractivity contribution >= 4 is 5.78 Å². The fourth-order valence-corrected chi connectivity index (χ4v) is 1.95. The molecule has 0 amide bonds. The molecule has 0 spiro atoms. The van der Waals surface area contributed by atoms with Gasteiger partial charge in [0.05, 0.1) is 13.2 Å². The molecule has 1 aromatic rings. The van der Waals surface area contributed by atoms with Gasteiger partial charge < -0.3 is 9.30 Å². The molecule has 2 rings (SSSR count). The Labute approximate surface area is 95.8 Å². The molecule has 1 aliphatic heterocycles. The van der Waals surface area contributed by atoms with E-state index in [2.05, 4.69) is 4.90 Å². The number of morpholine rings is 1. The lowest BCUT2D eigenvalue weighted by Gasteiger charge is -2.26. The van der Waals surface area contributed by atoms with Gasteiger partial charge in [0.1, 0.15) is 0 Å². The van der Waals surface area contributed by atoms with Gasteiger partial charge in [0, 0.05) is 44.1 Å². The summed E-state index contributed by atoms with van der Waals surface area (Å²) in [6.45, 7) is 6.07. The molecule has 4 nitrogen and oxygen atoms in total. The van der Waals surface area contributed by atoms with Gasteiger partial charge in [0.15, 0.2) is 5.78 Å². The van der Waals surface area contributed by atoms with Crippen LogP contribution in [0.25, 0.3) is 0 Å². The smallest absolute Gasteiger partial charge is 0.161 e. The third-order valence-electron chi connectivity index (χ3n) is 3.00. The van der Waals surface area contributed by atoms with E-state index in [0.717, 1.165) is 38.4 Å². The molecule has 0 N–H and O–H groups in total. The Kier molecular flexibility index (Phi) is 3.41. The fraction of sp³-hybridized carbons (Fsp3) is 0.583. The second-order valence-electron chi connectivity index (χ2n) is 4.28. The van der Waals surface area contributed by atoms with Gasteiger partial charge in [-0.25, -0.2) is 0 Å². The average Bonchev–Trinajstić information content (AvgIpc) is 2.62. The Bertz CT molecular complexity index is 378. The number of hydrogen-bond donors (Lipinski definition) is 0. The highest BCUT2D eigenvalue weighted by molar-refractivity contribution is 5.94. The van der Waals surface area contributed by atoms with Crippen molar-refractivity contribution in [2.75, 3.05) is 26.3 Å². The van der Waals surface area contributed by atoms with Crippen LogP contribution in [0, 0.1) is 0 Å². The van der Waals surface area contributed by atoms with E-state index in [1.165, 1.54) is 5.69 Å². The van der Waals surface area contributed by atoms with Crippen LogP contribution in [0.15, 0.2) is 12.3 Å². The molecule has 0 saturated carbocycles. The van der Waals surface area contributed by atoms with Crippen LogP contribution in [-0.2, 0) is 18.3 Å². The first kappa shape index (κ1) is 11.4. The number of rotatable bonds is 3.